The molecular formula is C106H128Cl4N14O7. The van der Waals surface area contributed by atoms with Gasteiger partial charge in [0.05, 0.1) is 44.1 Å². The number of Topliss-reactive ketones (excluding diaryl/α,β-unsaturated/α-hetero) is 1. The molecule has 3 aliphatic heterocycles. The highest BCUT2D eigenvalue weighted by molar-refractivity contribution is 6.42. The van der Waals surface area contributed by atoms with Gasteiger partial charge in [-0.05, 0) is 185 Å². The monoisotopic (exact) mass is 1850 g/mol. The van der Waals surface area contributed by atoms with Crippen molar-refractivity contribution in [3.05, 3.63) is 331 Å². The number of fused-ring (bicyclic) bond motifs is 1. The molecule has 3 fully saturated rings. The zero-order valence-corrected chi connectivity index (χ0v) is 79.1. The summed E-state index contributed by atoms with van der Waals surface area (Å²) >= 11 is 24.2. The Labute approximate surface area is 793 Å². The van der Waals surface area contributed by atoms with Crippen LogP contribution in [0.5, 0.6) is 0 Å². The summed E-state index contributed by atoms with van der Waals surface area (Å²) < 4.78 is 0. The Morgan fingerprint density at radius 1 is 0.420 bits per heavy atom. The van der Waals surface area contributed by atoms with E-state index >= 15 is 0 Å². The van der Waals surface area contributed by atoms with Gasteiger partial charge < -0.3 is 63.4 Å². The number of hydrogen-bond acceptors (Lipinski definition) is 13. The van der Waals surface area contributed by atoms with E-state index in [1.165, 1.54) is 22.3 Å². The Morgan fingerprint density at radius 2 is 0.809 bits per heavy atom. The van der Waals surface area contributed by atoms with Crippen molar-refractivity contribution in [2.45, 2.75) is 178 Å². The molecule has 10 aromatic rings. The summed E-state index contributed by atoms with van der Waals surface area (Å²) in [6.45, 7) is 19.6. The number of carbonyl (C=O) groups excluding carboxylic acids is 7. The van der Waals surface area contributed by atoms with Crippen LogP contribution in [0.2, 0.25) is 20.1 Å². The summed E-state index contributed by atoms with van der Waals surface area (Å²) in [5, 5.41) is 27.0. The summed E-state index contributed by atoms with van der Waals surface area (Å²) in [5.74, 6) is -0.579. The summed E-state index contributed by atoms with van der Waals surface area (Å²) in [6.07, 6.45) is 6.45. The zero-order chi connectivity index (χ0) is 93.1. The smallest absolute Gasteiger partial charge is 0.251 e. The van der Waals surface area contributed by atoms with Crippen LogP contribution in [-0.4, -0.2) is 200 Å². The molecule has 0 unspecified atom stereocenters. The molecule has 21 nitrogen and oxygen atoms in total. The van der Waals surface area contributed by atoms with Crippen molar-refractivity contribution in [2.24, 2.45) is 16.5 Å². The molecule has 13 rings (SSSR count). The second-order valence-electron chi connectivity index (χ2n) is 35.0. The molecule has 0 bridgehead atoms. The number of nitrogens with zero attached hydrogens (tertiary/aromatic N) is 5. The minimum Gasteiger partial charge on any atom is -0.370 e. The third kappa shape index (κ3) is 31.2. The maximum Gasteiger partial charge on any atom is 0.251 e. The first-order valence-corrected chi connectivity index (χ1v) is 47.6. The van der Waals surface area contributed by atoms with Gasteiger partial charge in [0.1, 0.15) is 5.78 Å². The van der Waals surface area contributed by atoms with Crippen molar-refractivity contribution >= 4 is 104 Å². The Bertz CT molecular complexity index is 5230. The molecule has 7 atom stereocenters. The third-order valence-electron chi connectivity index (χ3n) is 24.6. The van der Waals surface area contributed by atoms with E-state index < -0.39 is 12.0 Å². The molecule has 3 heterocycles. The van der Waals surface area contributed by atoms with E-state index in [0.717, 1.165) is 54.3 Å². The fraction of sp³-hybridized carbons (Fsp3) is 0.377. The normalized spacial score (nSPS) is 17.4. The van der Waals surface area contributed by atoms with Crippen LogP contribution in [0.3, 0.4) is 0 Å². The lowest BCUT2D eigenvalue weighted by molar-refractivity contribution is -0.134. The second kappa shape index (κ2) is 51.8. The average molecular weight is 1850 g/mol. The molecule has 131 heavy (non-hydrogen) atoms. The van der Waals surface area contributed by atoms with Crippen LogP contribution < -0.4 is 48.7 Å². The molecule has 0 aromatic heterocycles. The quantitative estimate of drug-likeness (QED) is 0.00989. The highest BCUT2D eigenvalue weighted by atomic mass is 35.5. The lowest BCUT2D eigenvalue weighted by Gasteiger charge is -2.33. The largest absolute Gasteiger partial charge is 0.370 e. The lowest BCUT2D eigenvalue weighted by Crippen LogP contribution is -2.49. The van der Waals surface area contributed by atoms with Crippen LogP contribution in [0.15, 0.2) is 266 Å². The van der Waals surface area contributed by atoms with E-state index in [1.807, 2.05) is 137 Å². The van der Waals surface area contributed by atoms with Crippen molar-refractivity contribution in [2.75, 3.05) is 78.5 Å². The molecule has 3 saturated heterocycles. The van der Waals surface area contributed by atoms with Crippen molar-refractivity contribution in [3.8, 4) is 0 Å². The van der Waals surface area contributed by atoms with E-state index in [1.54, 1.807) is 36.4 Å². The summed E-state index contributed by atoms with van der Waals surface area (Å²) in [7, 11) is 0. The highest BCUT2D eigenvalue weighted by Crippen LogP contribution is 2.32. The fourth-order valence-electron chi connectivity index (χ4n) is 17.5. The van der Waals surface area contributed by atoms with Gasteiger partial charge in [0.2, 0.25) is 17.7 Å². The zero-order valence-electron chi connectivity index (χ0n) is 76.1. The number of nitrogens with two attached hydrogens (primary N) is 2. The van der Waals surface area contributed by atoms with Crippen molar-refractivity contribution in [3.63, 3.8) is 0 Å². The molecule has 0 radical (unpaired) electrons. The molecule has 0 spiro atoms. The van der Waals surface area contributed by atoms with Gasteiger partial charge >= 0.3 is 0 Å². The predicted octanol–water partition coefficient (Wildman–Crippen LogP) is 16.7. The first-order chi connectivity index (χ1) is 63.3. The van der Waals surface area contributed by atoms with Crippen molar-refractivity contribution < 1.29 is 33.6 Å². The van der Waals surface area contributed by atoms with Gasteiger partial charge in [-0.1, -0.05) is 273 Å². The topological polar surface area (TPSA) is 281 Å². The van der Waals surface area contributed by atoms with Gasteiger partial charge in [-0.3, -0.25) is 43.5 Å². The highest BCUT2D eigenvalue weighted by Gasteiger charge is 2.38. The lowest BCUT2D eigenvalue weighted by atomic mass is 9.90. The van der Waals surface area contributed by atoms with E-state index in [9.17, 15) is 33.6 Å². The molecule has 692 valence electrons. The number of hydrogen-bond donors (Lipinski definition) is 9. The molecule has 10 aromatic carbocycles. The Morgan fingerprint density at radius 3 is 1.26 bits per heavy atom. The number of aliphatic imine (C=N–C) groups is 1. The molecule has 11 N–H and O–H groups in total. The Balaban J connectivity index is 0.000000190. The molecule has 0 saturated carbocycles. The number of nitrogens with one attached hydrogen (secondary N) is 7. The maximum absolute atomic E-state index is 14.2. The van der Waals surface area contributed by atoms with Gasteiger partial charge in [-0.15, -0.1) is 0 Å². The van der Waals surface area contributed by atoms with E-state index in [0.29, 0.717) is 152 Å². The Hall–Kier alpha value is -10.8. The van der Waals surface area contributed by atoms with Gasteiger partial charge in [-0.25, -0.2) is 0 Å². The predicted molar refractivity (Wildman–Crippen MR) is 532 cm³/mol. The van der Waals surface area contributed by atoms with E-state index in [-0.39, 0.29) is 102 Å². The van der Waals surface area contributed by atoms with Crippen LogP contribution in [0.25, 0.3) is 10.8 Å². The van der Waals surface area contributed by atoms with Crippen molar-refractivity contribution in [1.29, 1.82) is 0 Å². The summed E-state index contributed by atoms with van der Waals surface area (Å²) in [6, 6.07) is 84.5. The average Bonchev–Trinajstić information content (AvgIpc) is 1.30. The molecule has 6 amide bonds. The standard InChI is InChI=1S/C37H42N6O3.C36H46Cl2N4O2.C33H40Cl2N4O2/c38-37(39)40-20-9-16-33-36(46)43(25-32(28-13-5-2-6-14-28)34(44)22-26-10-3-1-4-11-26)21-19-31(42-33)24-41-35(45)30-18-17-27-12-7-8-15-29(27)23-30;1-25(2)42(26(3)4)22-19-34-36(44)41(24-31(27-11-7-5-8-12-27)28-13-9-6-10-14-28)21-18-30(40-34)17-20-39-35(43)29-15-16-32(37)33(38)23-29;1-23(2)36-19-16-31-33(41)39(22-28(24-9-5-3-6-10-24)25-11-7-4-8-12-25)20-17-27(38-31)15-18-37-32(40)26-13-14-29(34)30(35)21-26/h1-8,10-15,17-18,23,31-33,42H,9,16,19-22,24-25H2,(H,41,45)(H4,38,39,40);5-16,23,25-26,30-31,34,40H,17-22,24H2,1-4H3,(H,39,43);3-14,21,23,27-28,31,36,38H,15-20,22H2,1-2H3,(H,37,40)/t31-,32+,33-;30-,34+;27-,31+/m011/s1. The van der Waals surface area contributed by atoms with Crippen LogP contribution >= 0.6 is 46.4 Å². The Kier molecular flexibility index (Phi) is 39.9. The number of guanidine groups is 1. The van der Waals surface area contributed by atoms with Crippen LogP contribution in [0.1, 0.15) is 182 Å². The van der Waals surface area contributed by atoms with Gasteiger partial charge in [0.15, 0.2) is 5.96 Å². The van der Waals surface area contributed by atoms with Crippen molar-refractivity contribution in [1.82, 2.24) is 56.8 Å². The van der Waals surface area contributed by atoms with Crippen LogP contribution in [0.4, 0.5) is 0 Å². The number of ketones is 1. The molecular weight excluding hydrogens is 1720 g/mol. The number of benzene rings is 10. The number of amides is 6. The van der Waals surface area contributed by atoms with E-state index in [4.69, 9.17) is 57.9 Å². The third-order valence-corrected chi connectivity index (χ3v) is 26.1. The minimum absolute atomic E-state index is 0.0127. The number of halogens is 4. The summed E-state index contributed by atoms with van der Waals surface area (Å²) in [4.78, 5) is 107. The summed E-state index contributed by atoms with van der Waals surface area (Å²) in [5.41, 5.74) is 19.2. The minimum atomic E-state index is -0.514. The van der Waals surface area contributed by atoms with Gasteiger partial charge in [0, 0.05) is 143 Å². The number of carbonyl (C=O) groups is 7. The fourth-order valence-corrected chi connectivity index (χ4v) is 18.1. The second-order valence-corrected chi connectivity index (χ2v) is 36.6. The first-order valence-electron chi connectivity index (χ1n) is 46.1. The number of rotatable bonds is 38. The molecule has 25 heteroatoms. The van der Waals surface area contributed by atoms with Crippen LogP contribution in [0, 0.1) is 0 Å². The SMILES string of the molecule is CC(C)N(CC[C@@H]1N[C@H](CCNC(=O)c2ccc(Cl)c(Cl)c2)CCN(CC(c2ccccc2)c2ccccc2)C1=O)C(C)C.CC(C)NCC[C@@H]1N[C@H](CCNC(=O)c2ccc(Cl)c(Cl)c2)CCN(CC(c2ccccc2)c2ccccc2)C1=O.NC(N)=NCCC[C@@H]1N[C@H](CNC(=O)c2ccc3ccccc3c2)CCN(C[C@@H](C(=O)Cc2ccccc2)c2ccccc2)C1=O. The maximum atomic E-state index is 14.2. The van der Waals surface area contributed by atoms with Gasteiger partial charge in [-0.2, -0.15) is 0 Å². The van der Waals surface area contributed by atoms with E-state index in [2.05, 4.69) is 191 Å². The first kappa shape index (κ1) is 101. The van der Waals surface area contributed by atoms with Gasteiger partial charge in [0.25, 0.3) is 17.7 Å². The molecule has 3 aliphatic rings. The van der Waals surface area contributed by atoms with Crippen LogP contribution in [-0.2, 0) is 25.6 Å². The molecule has 0 aliphatic carbocycles.